The number of hydrogen-bond acceptors (Lipinski definition) is 7. The average Bonchev–Trinajstić information content (AvgIpc) is 3.35. The summed E-state index contributed by atoms with van der Waals surface area (Å²) in [7, 11) is 3.92. The van der Waals surface area contributed by atoms with E-state index in [4.69, 9.17) is 9.15 Å². The summed E-state index contributed by atoms with van der Waals surface area (Å²) in [5.41, 5.74) is 3.35. The molecule has 0 N–H and O–H groups in total. The van der Waals surface area contributed by atoms with Crippen molar-refractivity contribution in [3.63, 3.8) is 0 Å². The van der Waals surface area contributed by atoms with Gasteiger partial charge in [-0.15, -0.1) is 0 Å². The first-order valence-corrected chi connectivity index (χ1v) is 10.7. The summed E-state index contributed by atoms with van der Waals surface area (Å²) in [6, 6.07) is 8.98. The molecule has 0 bridgehead atoms. The van der Waals surface area contributed by atoms with E-state index in [2.05, 4.69) is 4.99 Å². The van der Waals surface area contributed by atoms with E-state index in [1.54, 1.807) is 43.1 Å². The van der Waals surface area contributed by atoms with Gasteiger partial charge in [0.15, 0.2) is 4.80 Å². The predicted molar refractivity (Wildman–Crippen MR) is 120 cm³/mol. The van der Waals surface area contributed by atoms with Gasteiger partial charge in [0.25, 0.3) is 5.56 Å². The lowest BCUT2D eigenvalue weighted by Crippen LogP contribution is -2.39. The summed E-state index contributed by atoms with van der Waals surface area (Å²) < 4.78 is 12.5. The molecule has 0 unspecified atom stereocenters. The number of esters is 1. The summed E-state index contributed by atoms with van der Waals surface area (Å²) in [5.74, 6) is -0.463. The van der Waals surface area contributed by atoms with Crippen LogP contribution in [0.1, 0.15) is 31.0 Å². The number of rotatable bonds is 5. The first kappa shape index (κ1) is 20.9. The van der Waals surface area contributed by atoms with Gasteiger partial charge < -0.3 is 14.1 Å². The van der Waals surface area contributed by atoms with Crippen molar-refractivity contribution in [2.45, 2.75) is 19.9 Å². The molecule has 8 heteroatoms. The molecule has 3 aromatic rings. The van der Waals surface area contributed by atoms with Gasteiger partial charge in [-0.05, 0) is 43.7 Å². The minimum atomic E-state index is -0.613. The van der Waals surface area contributed by atoms with E-state index < -0.39 is 12.0 Å². The predicted octanol–water partition coefficient (Wildman–Crippen LogP) is 2.46. The minimum absolute atomic E-state index is 0.207. The van der Waals surface area contributed by atoms with E-state index in [1.807, 2.05) is 43.3 Å². The van der Waals surface area contributed by atoms with Crippen molar-refractivity contribution in [2.75, 3.05) is 25.6 Å². The quantitative estimate of drug-likeness (QED) is 0.573. The second-order valence-corrected chi connectivity index (χ2v) is 8.35. The number of furan rings is 1. The Morgan fingerprint density at radius 1 is 1.29 bits per heavy atom. The number of allylic oxidation sites excluding steroid dienone is 1. The zero-order valence-electron chi connectivity index (χ0n) is 17.8. The smallest absolute Gasteiger partial charge is 0.338 e. The van der Waals surface area contributed by atoms with Crippen LogP contribution in [-0.4, -0.2) is 31.2 Å². The average molecular weight is 438 g/mol. The third-order valence-corrected chi connectivity index (χ3v) is 6.07. The molecule has 0 amide bonds. The molecule has 1 aliphatic rings. The van der Waals surface area contributed by atoms with Crippen molar-refractivity contribution in [3.8, 4) is 0 Å². The molecule has 0 fully saturated rings. The van der Waals surface area contributed by atoms with Crippen LogP contribution in [0.2, 0.25) is 0 Å². The SMILES string of the molecule is CCOC(=O)C1=C(C)N=c2sc(=Cc3ccoc3)c(=O)n2[C@H]1c1ccc(N(C)C)cc1. The second-order valence-electron chi connectivity index (χ2n) is 7.34. The van der Waals surface area contributed by atoms with E-state index in [-0.39, 0.29) is 12.2 Å². The van der Waals surface area contributed by atoms with Gasteiger partial charge in [0.1, 0.15) is 0 Å². The second kappa shape index (κ2) is 8.39. The molecule has 0 aliphatic carbocycles. The number of ether oxygens (including phenoxy) is 1. The Labute approximate surface area is 183 Å². The van der Waals surface area contributed by atoms with E-state index in [1.165, 1.54) is 11.3 Å². The Balaban J connectivity index is 1.94. The lowest BCUT2D eigenvalue weighted by Gasteiger charge is -2.25. The molecule has 160 valence electrons. The zero-order valence-corrected chi connectivity index (χ0v) is 18.6. The van der Waals surface area contributed by atoms with Crippen molar-refractivity contribution < 1.29 is 13.9 Å². The summed E-state index contributed by atoms with van der Waals surface area (Å²) in [4.78, 5) is 33.4. The van der Waals surface area contributed by atoms with Crippen LogP contribution in [0.3, 0.4) is 0 Å². The third kappa shape index (κ3) is 3.86. The molecular formula is C23H23N3O4S. The van der Waals surface area contributed by atoms with Crippen LogP contribution in [0.25, 0.3) is 6.08 Å². The normalized spacial score (nSPS) is 16.1. The van der Waals surface area contributed by atoms with Crippen LogP contribution in [0.5, 0.6) is 0 Å². The fourth-order valence-electron chi connectivity index (χ4n) is 3.57. The maximum Gasteiger partial charge on any atom is 0.338 e. The number of anilines is 1. The van der Waals surface area contributed by atoms with Gasteiger partial charge in [-0.1, -0.05) is 23.5 Å². The summed E-state index contributed by atoms with van der Waals surface area (Å²) >= 11 is 1.29. The van der Waals surface area contributed by atoms with Crippen LogP contribution in [-0.2, 0) is 9.53 Å². The van der Waals surface area contributed by atoms with E-state index in [9.17, 15) is 9.59 Å². The molecule has 1 aliphatic heterocycles. The molecular weight excluding hydrogens is 414 g/mol. The fourth-order valence-corrected chi connectivity index (χ4v) is 4.62. The molecule has 1 atom stereocenters. The van der Waals surface area contributed by atoms with Crippen LogP contribution >= 0.6 is 11.3 Å². The molecule has 0 spiro atoms. The highest BCUT2D eigenvalue weighted by Crippen LogP contribution is 2.31. The van der Waals surface area contributed by atoms with Crippen LogP contribution in [0.15, 0.2) is 68.3 Å². The highest BCUT2D eigenvalue weighted by atomic mass is 32.1. The Morgan fingerprint density at radius 2 is 2.03 bits per heavy atom. The van der Waals surface area contributed by atoms with Gasteiger partial charge in [-0.3, -0.25) is 9.36 Å². The summed E-state index contributed by atoms with van der Waals surface area (Å²) in [6.07, 6.45) is 4.90. The topological polar surface area (TPSA) is 77.0 Å². The van der Waals surface area contributed by atoms with Crippen molar-refractivity contribution in [1.29, 1.82) is 0 Å². The van der Waals surface area contributed by atoms with Crippen molar-refractivity contribution in [2.24, 2.45) is 4.99 Å². The number of nitrogens with zero attached hydrogens (tertiary/aromatic N) is 3. The van der Waals surface area contributed by atoms with Gasteiger partial charge in [0, 0.05) is 25.3 Å². The van der Waals surface area contributed by atoms with Gasteiger partial charge in [-0.25, -0.2) is 9.79 Å². The van der Waals surface area contributed by atoms with Crippen molar-refractivity contribution in [3.05, 3.63) is 84.9 Å². The number of benzene rings is 1. The van der Waals surface area contributed by atoms with E-state index >= 15 is 0 Å². The van der Waals surface area contributed by atoms with Crippen LogP contribution < -0.4 is 19.8 Å². The number of carbonyl (C=O) groups excluding carboxylic acids is 1. The largest absolute Gasteiger partial charge is 0.472 e. The van der Waals surface area contributed by atoms with Gasteiger partial charge >= 0.3 is 5.97 Å². The number of fused-ring (bicyclic) bond motifs is 1. The third-order valence-electron chi connectivity index (χ3n) is 5.08. The standard InChI is InChI=1S/C23H23N3O4S/c1-5-30-22(28)19-14(2)24-23-26(20(19)16-6-8-17(9-7-16)25(3)4)21(27)18(31-23)12-15-10-11-29-13-15/h6-13,20H,5H2,1-4H3/t20-/m0/s1. The highest BCUT2D eigenvalue weighted by molar-refractivity contribution is 7.07. The van der Waals surface area contributed by atoms with Gasteiger partial charge in [0.05, 0.1) is 41.0 Å². The summed E-state index contributed by atoms with van der Waals surface area (Å²) in [6.45, 7) is 3.78. The number of hydrogen-bond donors (Lipinski definition) is 0. The molecule has 0 saturated heterocycles. The lowest BCUT2D eigenvalue weighted by atomic mass is 9.95. The van der Waals surface area contributed by atoms with E-state index in [0.717, 1.165) is 16.8 Å². The molecule has 2 aromatic heterocycles. The molecule has 4 rings (SSSR count). The van der Waals surface area contributed by atoms with Gasteiger partial charge in [0.2, 0.25) is 0 Å². The lowest BCUT2D eigenvalue weighted by molar-refractivity contribution is -0.139. The first-order chi connectivity index (χ1) is 14.9. The molecule has 7 nitrogen and oxygen atoms in total. The minimum Gasteiger partial charge on any atom is -0.472 e. The number of aromatic nitrogens is 1. The van der Waals surface area contributed by atoms with Gasteiger partial charge in [-0.2, -0.15) is 0 Å². The Hall–Kier alpha value is -3.39. The molecule has 0 radical (unpaired) electrons. The monoisotopic (exact) mass is 437 g/mol. The Bertz CT molecular complexity index is 1310. The van der Waals surface area contributed by atoms with E-state index in [0.29, 0.717) is 20.6 Å². The molecule has 1 aromatic carbocycles. The number of carbonyl (C=O) groups is 1. The van der Waals surface area contributed by atoms with Crippen molar-refractivity contribution >= 4 is 29.1 Å². The maximum absolute atomic E-state index is 13.4. The maximum atomic E-state index is 13.4. The molecule has 3 heterocycles. The van der Waals surface area contributed by atoms with Crippen LogP contribution in [0, 0.1) is 0 Å². The molecule has 31 heavy (non-hydrogen) atoms. The molecule has 0 saturated carbocycles. The first-order valence-electron chi connectivity index (χ1n) is 9.90. The Morgan fingerprint density at radius 3 is 2.65 bits per heavy atom. The van der Waals surface area contributed by atoms with Crippen molar-refractivity contribution in [1.82, 2.24) is 4.57 Å². The Kier molecular flexibility index (Phi) is 5.65. The summed E-state index contributed by atoms with van der Waals surface area (Å²) in [5, 5.41) is 0. The number of thiazole rings is 1. The van der Waals surface area contributed by atoms with Crippen LogP contribution in [0.4, 0.5) is 5.69 Å². The fraction of sp³-hybridized carbons (Fsp3) is 0.261. The zero-order chi connectivity index (χ0) is 22.1. The highest BCUT2D eigenvalue weighted by Gasteiger charge is 2.33.